The molecule has 2 nitrogen and oxygen atoms in total. The number of benzene rings is 1. The zero-order valence-electron chi connectivity index (χ0n) is 6.38. The van der Waals surface area contributed by atoms with Crippen molar-refractivity contribution in [3.63, 3.8) is 0 Å². The number of fused-ring (bicyclic) bond motifs is 1. The van der Waals surface area contributed by atoms with E-state index in [-0.39, 0.29) is 4.47 Å². The summed E-state index contributed by atoms with van der Waals surface area (Å²) in [6, 6.07) is 4.04. The normalized spacial score (nSPS) is 10.6. The Morgan fingerprint density at radius 2 is 2.23 bits per heavy atom. The Labute approximate surface area is 81.5 Å². The molecule has 0 amide bonds. The lowest BCUT2D eigenvalue weighted by Crippen LogP contribution is -1.76. The third-order valence-corrected chi connectivity index (χ3v) is 2.49. The molecule has 0 N–H and O–H groups in total. The number of carbonyl (C=O) groups excluding carboxylic acids is 1. The van der Waals surface area contributed by atoms with Gasteiger partial charge in [0, 0.05) is 10.9 Å². The molecule has 0 aliphatic rings. The van der Waals surface area contributed by atoms with Gasteiger partial charge in [0.2, 0.25) is 0 Å². The Bertz CT molecular complexity index is 476. The average molecular weight is 243 g/mol. The van der Waals surface area contributed by atoms with Gasteiger partial charge in [0.1, 0.15) is 16.3 Å². The summed E-state index contributed by atoms with van der Waals surface area (Å²) in [5.74, 6) is 0. The molecule has 1 aromatic carbocycles. The molecule has 1 heterocycles. The van der Waals surface area contributed by atoms with Crippen molar-refractivity contribution < 1.29 is 13.6 Å². The Morgan fingerprint density at radius 1 is 1.46 bits per heavy atom. The molecule has 0 atom stereocenters. The number of hydrogen-bond acceptors (Lipinski definition) is 2. The predicted molar refractivity (Wildman–Crippen MR) is 49.3 cm³/mol. The van der Waals surface area contributed by atoms with Crippen LogP contribution in [0.3, 0.4) is 0 Å². The topological polar surface area (TPSA) is 30.2 Å². The van der Waals surface area contributed by atoms with Crippen molar-refractivity contribution in [2.75, 3.05) is 0 Å². The van der Waals surface area contributed by atoms with Gasteiger partial charge in [-0.15, -0.1) is 0 Å². The summed E-state index contributed by atoms with van der Waals surface area (Å²) in [7, 11) is 0. The number of aldehydes is 1. The summed E-state index contributed by atoms with van der Waals surface area (Å²) in [5, 5.41) is 0.571. The van der Waals surface area contributed by atoms with Crippen LogP contribution in [-0.4, -0.2) is 6.29 Å². The monoisotopic (exact) mass is 242 g/mol. The third kappa shape index (κ3) is 1.27. The zero-order valence-corrected chi connectivity index (χ0v) is 7.97. The van der Waals surface area contributed by atoms with Crippen LogP contribution in [0.4, 0.5) is 4.39 Å². The summed E-state index contributed by atoms with van der Waals surface area (Å²) in [4.78, 5) is 10.4. The van der Waals surface area contributed by atoms with E-state index in [0.717, 1.165) is 0 Å². The standard InChI is InChI=1S/C9H4BrFO2/c10-8-6-3-5(4-12)1-2-7(6)13-9(8)11/h1-4H. The van der Waals surface area contributed by atoms with E-state index < -0.39 is 6.01 Å². The Morgan fingerprint density at radius 3 is 2.92 bits per heavy atom. The van der Waals surface area contributed by atoms with Crippen molar-refractivity contribution in [2.24, 2.45) is 0 Å². The maximum atomic E-state index is 12.9. The quantitative estimate of drug-likeness (QED) is 0.720. The van der Waals surface area contributed by atoms with Gasteiger partial charge >= 0.3 is 0 Å². The predicted octanol–water partition coefficient (Wildman–Crippen LogP) is 3.15. The molecule has 2 aromatic rings. The molecule has 0 spiro atoms. The van der Waals surface area contributed by atoms with Crippen molar-refractivity contribution in [3.8, 4) is 0 Å². The molecule has 13 heavy (non-hydrogen) atoms. The van der Waals surface area contributed by atoms with Crippen molar-refractivity contribution >= 4 is 33.2 Å². The van der Waals surface area contributed by atoms with Crippen LogP contribution in [0.15, 0.2) is 27.1 Å². The van der Waals surface area contributed by atoms with E-state index in [9.17, 15) is 9.18 Å². The molecule has 66 valence electrons. The molecular weight excluding hydrogens is 239 g/mol. The second-order valence-electron chi connectivity index (χ2n) is 2.56. The molecule has 1 aromatic heterocycles. The largest absolute Gasteiger partial charge is 0.430 e. The first-order chi connectivity index (χ1) is 6.22. The number of halogens is 2. The van der Waals surface area contributed by atoms with E-state index >= 15 is 0 Å². The molecule has 0 fully saturated rings. The number of rotatable bonds is 1. The summed E-state index contributed by atoms with van der Waals surface area (Å²) >= 11 is 3.03. The van der Waals surface area contributed by atoms with Crippen molar-refractivity contribution in [1.82, 2.24) is 0 Å². The second kappa shape index (κ2) is 2.96. The number of hydrogen-bond donors (Lipinski definition) is 0. The van der Waals surface area contributed by atoms with Gasteiger partial charge in [0.05, 0.1) is 0 Å². The van der Waals surface area contributed by atoms with Crippen LogP contribution in [0.25, 0.3) is 11.0 Å². The highest BCUT2D eigenvalue weighted by Crippen LogP contribution is 2.29. The van der Waals surface area contributed by atoms with Gasteiger partial charge in [-0.1, -0.05) is 0 Å². The van der Waals surface area contributed by atoms with Gasteiger partial charge in [-0.25, -0.2) is 0 Å². The maximum Gasteiger partial charge on any atom is 0.293 e. The first-order valence-corrected chi connectivity index (χ1v) is 4.34. The Kier molecular flexibility index (Phi) is 1.92. The molecule has 0 aliphatic carbocycles. The fourth-order valence-electron chi connectivity index (χ4n) is 1.13. The molecule has 0 saturated heterocycles. The Hall–Kier alpha value is -1.16. The van der Waals surface area contributed by atoms with Crippen molar-refractivity contribution in [1.29, 1.82) is 0 Å². The van der Waals surface area contributed by atoms with Crippen LogP contribution >= 0.6 is 15.9 Å². The molecule has 0 bridgehead atoms. The van der Waals surface area contributed by atoms with Gasteiger partial charge in [-0.2, -0.15) is 4.39 Å². The lowest BCUT2D eigenvalue weighted by molar-refractivity contribution is 0.112. The Balaban J connectivity index is 2.81. The first kappa shape index (κ1) is 8.44. The third-order valence-electron chi connectivity index (χ3n) is 1.75. The van der Waals surface area contributed by atoms with Crippen LogP contribution in [0, 0.1) is 6.01 Å². The summed E-state index contributed by atoms with van der Waals surface area (Å²) < 4.78 is 17.9. The van der Waals surface area contributed by atoms with Crippen LogP contribution in [0.2, 0.25) is 0 Å². The summed E-state index contributed by atoms with van der Waals surface area (Å²) in [6.45, 7) is 0. The molecule has 0 radical (unpaired) electrons. The van der Waals surface area contributed by atoms with E-state index in [2.05, 4.69) is 15.9 Å². The van der Waals surface area contributed by atoms with Gasteiger partial charge < -0.3 is 4.42 Å². The zero-order chi connectivity index (χ0) is 9.42. The SMILES string of the molecule is O=Cc1ccc2oc(F)c(Br)c2c1. The average Bonchev–Trinajstić information content (AvgIpc) is 2.43. The van der Waals surface area contributed by atoms with Gasteiger partial charge in [-0.3, -0.25) is 4.79 Å². The minimum absolute atomic E-state index is 0.256. The lowest BCUT2D eigenvalue weighted by atomic mass is 10.2. The van der Waals surface area contributed by atoms with E-state index in [1.807, 2.05) is 0 Å². The first-order valence-electron chi connectivity index (χ1n) is 3.55. The molecule has 0 aliphatic heterocycles. The fraction of sp³-hybridized carbons (Fsp3) is 0. The number of carbonyl (C=O) groups is 1. The van der Waals surface area contributed by atoms with E-state index in [0.29, 0.717) is 22.8 Å². The summed E-state index contributed by atoms with van der Waals surface area (Å²) in [5.41, 5.74) is 0.920. The van der Waals surface area contributed by atoms with E-state index in [4.69, 9.17) is 4.42 Å². The smallest absolute Gasteiger partial charge is 0.293 e. The summed E-state index contributed by atoms with van der Waals surface area (Å²) in [6.07, 6.45) is 0.705. The fourth-order valence-corrected chi connectivity index (χ4v) is 1.52. The molecule has 0 unspecified atom stereocenters. The molecule has 4 heteroatoms. The highest BCUT2D eigenvalue weighted by Gasteiger charge is 2.11. The number of furan rings is 1. The minimum atomic E-state index is -0.668. The molecule has 0 saturated carbocycles. The van der Waals surface area contributed by atoms with E-state index in [1.54, 1.807) is 18.2 Å². The highest BCUT2D eigenvalue weighted by atomic mass is 79.9. The van der Waals surface area contributed by atoms with Crippen molar-refractivity contribution in [2.45, 2.75) is 0 Å². The van der Waals surface area contributed by atoms with Gasteiger partial charge in [-0.05, 0) is 34.1 Å². The second-order valence-corrected chi connectivity index (χ2v) is 3.36. The van der Waals surface area contributed by atoms with Crippen LogP contribution in [0.1, 0.15) is 10.4 Å². The molecule has 2 rings (SSSR count). The molecular formula is C9H4BrFO2. The van der Waals surface area contributed by atoms with Crippen LogP contribution < -0.4 is 0 Å². The van der Waals surface area contributed by atoms with Crippen LogP contribution in [-0.2, 0) is 0 Å². The van der Waals surface area contributed by atoms with Gasteiger partial charge in [0.15, 0.2) is 0 Å². The van der Waals surface area contributed by atoms with Gasteiger partial charge in [0.25, 0.3) is 6.01 Å². The lowest BCUT2D eigenvalue weighted by Gasteiger charge is -1.89. The highest BCUT2D eigenvalue weighted by molar-refractivity contribution is 9.10. The van der Waals surface area contributed by atoms with Crippen LogP contribution in [0.5, 0.6) is 0 Å². The van der Waals surface area contributed by atoms with Crippen molar-refractivity contribution in [3.05, 3.63) is 34.2 Å². The van der Waals surface area contributed by atoms with E-state index in [1.165, 1.54) is 0 Å². The minimum Gasteiger partial charge on any atom is -0.430 e. The maximum absolute atomic E-state index is 12.9.